The molecule has 0 aliphatic heterocycles. The van der Waals surface area contributed by atoms with Crippen molar-refractivity contribution >= 4 is 0 Å². The Morgan fingerprint density at radius 2 is 1.62 bits per heavy atom. The van der Waals surface area contributed by atoms with E-state index in [9.17, 15) is 0 Å². The SMILES string of the molecule is CC1(C)C(C(CC2CCCC2)NN)C1(C)C. The highest BCUT2D eigenvalue weighted by Gasteiger charge is 2.66. The molecule has 2 nitrogen and oxygen atoms in total. The van der Waals surface area contributed by atoms with Crippen LogP contribution in [0.4, 0.5) is 0 Å². The third kappa shape index (κ3) is 1.80. The molecule has 0 aromatic carbocycles. The minimum absolute atomic E-state index is 0.447. The van der Waals surface area contributed by atoms with Gasteiger partial charge in [0, 0.05) is 6.04 Å². The first-order valence-corrected chi connectivity index (χ1v) is 6.87. The van der Waals surface area contributed by atoms with Gasteiger partial charge in [0.15, 0.2) is 0 Å². The second-order valence-corrected chi connectivity index (χ2v) is 7.08. The quantitative estimate of drug-likeness (QED) is 0.569. The zero-order chi connectivity index (χ0) is 12.0. The monoisotopic (exact) mass is 224 g/mol. The fourth-order valence-electron chi connectivity index (χ4n) is 4.16. The lowest BCUT2D eigenvalue weighted by atomic mass is 9.92. The average molecular weight is 224 g/mol. The van der Waals surface area contributed by atoms with E-state index < -0.39 is 0 Å². The van der Waals surface area contributed by atoms with Gasteiger partial charge in [0.2, 0.25) is 0 Å². The fourth-order valence-corrected chi connectivity index (χ4v) is 4.16. The van der Waals surface area contributed by atoms with Gasteiger partial charge in [-0.1, -0.05) is 53.4 Å². The molecule has 0 heterocycles. The Bertz CT molecular complexity index is 237. The molecule has 0 amide bonds. The van der Waals surface area contributed by atoms with E-state index in [0.717, 1.165) is 11.8 Å². The summed E-state index contributed by atoms with van der Waals surface area (Å²) in [5.74, 6) is 7.45. The van der Waals surface area contributed by atoms with Crippen LogP contribution in [0.25, 0.3) is 0 Å². The number of nitrogens with two attached hydrogens (primary N) is 1. The molecule has 2 aliphatic rings. The summed E-state index contributed by atoms with van der Waals surface area (Å²) in [4.78, 5) is 0. The molecule has 2 aliphatic carbocycles. The topological polar surface area (TPSA) is 38.0 Å². The Kier molecular flexibility index (Phi) is 3.09. The van der Waals surface area contributed by atoms with Gasteiger partial charge in [-0.2, -0.15) is 0 Å². The molecule has 0 radical (unpaired) electrons. The maximum absolute atomic E-state index is 5.78. The van der Waals surface area contributed by atoms with E-state index >= 15 is 0 Å². The second kappa shape index (κ2) is 3.99. The van der Waals surface area contributed by atoms with Gasteiger partial charge in [-0.05, 0) is 29.1 Å². The van der Waals surface area contributed by atoms with Gasteiger partial charge in [-0.25, -0.2) is 0 Å². The van der Waals surface area contributed by atoms with Crippen LogP contribution in [0.15, 0.2) is 0 Å². The van der Waals surface area contributed by atoms with E-state index in [-0.39, 0.29) is 0 Å². The van der Waals surface area contributed by atoms with E-state index in [4.69, 9.17) is 5.84 Å². The summed E-state index contributed by atoms with van der Waals surface area (Å²) in [6.07, 6.45) is 6.99. The third-order valence-electron chi connectivity index (χ3n) is 5.81. The van der Waals surface area contributed by atoms with E-state index in [1.165, 1.54) is 32.1 Å². The molecule has 0 bridgehead atoms. The molecule has 0 aromatic heterocycles. The molecule has 1 unspecified atom stereocenters. The van der Waals surface area contributed by atoms with Gasteiger partial charge in [0.1, 0.15) is 0 Å². The van der Waals surface area contributed by atoms with Crippen molar-refractivity contribution < 1.29 is 0 Å². The molecule has 3 N–H and O–H groups in total. The molecule has 0 saturated heterocycles. The van der Waals surface area contributed by atoms with Crippen LogP contribution in [0.5, 0.6) is 0 Å². The number of hydrogen-bond acceptors (Lipinski definition) is 2. The zero-order valence-electron chi connectivity index (χ0n) is 11.3. The Hall–Kier alpha value is -0.0800. The first kappa shape index (κ1) is 12.4. The molecule has 2 rings (SSSR count). The largest absolute Gasteiger partial charge is 0.271 e. The summed E-state index contributed by atoms with van der Waals surface area (Å²) in [6.45, 7) is 9.54. The van der Waals surface area contributed by atoms with Crippen LogP contribution in [0, 0.1) is 22.7 Å². The third-order valence-corrected chi connectivity index (χ3v) is 5.81. The van der Waals surface area contributed by atoms with Crippen LogP contribution >= 0.6 is 0 Å². The lowest BCUT2D eigenvalue weighted by molar-refractivity contribution is 0.325. The number of hydrogen-bond donors (Lipinski definition) is 2. The Labute approximate surface area is 100 Å². The van der Waals surface area contributed by atoms with Crippen molar-refractivity contribution in [1.29, 1.82) is 0 Å². The molecule has 0 aromatic rings. The van der Waals surface area contributed by atoms with Crippen molar-refractivity contribution in [2.24, 2.45) is 28.5 Å². The van der Waals surface area contributed by atoms with Crippen molar-refractivity contribution in [2.45, 2.75) is 65.8 Å². The van der Waals surface area contributed by atoms with Crippen LogP contribution in [-0.4, -0.2) is 6.04 Å². The smallest absolute Gasteiger partial charge is 0.0252 e. The summed E-state index contributed by atoms with van der Waals surface area (Å²) >= 11 is 0. The van der Waals surface area contributed by atoms with Crippen LogP contribution in [-0.2, 0) is 0 Å². The highest BCUT2D eigenvalue weighted by atomic mass is 15.2. The Morgan fingerprint density at radius 1 is 1.12 bits per heavy atom. The maximum Gasteiger partial charge on any atom is 0.0252 e. The van der Waals surface area contributed by atoms with E-state index in [1.807, 2.05) is 0 Å². The summed E-state index contributed by atoms with van der Waals surface area (Å²) < 4.78 is 0. The van der Waals surface area contributed by atoms with Crippen LogP contribution in [0.2, 0.25) is 0 Å². The zero-order valence-corrected chi connectivity index (χ0v) is 11.3. The van der Waals surface area contributed by atoms with Gasteiger partial charge >= 0.3 is 0 Å². The highest BCUT2D eigenvalue weighted by Crippen LogP contribution is 2.70. The summed E-state index contributed by atoms with van der Waals surface area (Å²) in [6, 6.07) is 0.521. The average Bonchev–Trinajstić information content (AvgIpc) is 2.63. The number of rotatable bonds is 4. The normalized spacial score (nSPS) is 30.6. The summed E-state index contributed by atoms with van der Waals surface area (Å²) in [5.41, 5.74) is 4.00. The van der Waals surface area contributed by atoms with E-state index in [0.29, 0.717) is 16.9 Å². The van der Waals surface area contributed by atoms with Gasteiger partial charge < -0.3 is 0 Å². The van der Waals surface area contributed by atoms with Gasteiger partial charge in [0.05, 0.1) is 0 Å². The van der Waals surface area contributed by atoms with Crippen LogP contribution in [0.3, 0.4) is 0 Å². The molecule has 0 spiro atoms. The standard InChI is InChI=1S/C14H28N2/c1-13(2)12(14(13,3)4)11(16-15)9-10-7-5-6-8-10/h10-12,16H,5-9,15H2,1-4H3. The number of hydrazine groups is 1. The Morgan fingerprint density at radius 3 is 2.00 bits per heavy atom. The molecular weight excluding hydrogens is 196 g/mol. The second-order valence-electron chi connectivity index (χ2n) is 7.08. The lowest BCUT2D eigenvalue weighted by Crippen LogP contribution is -2.39. The van der Waals surface area contributed by atoms with Crippen LogP contribution in [0.1, 0.15) is 59.8 Å². The Balaban J connectivity index is 1.96. The molecule has 94 valence electrons. The maximum atomic E-state index is 5.78. The molecule has 2 fully saturated rings. The fraction of sp³-hybridized carbons (Fsp3) is 1.00. The minimum Gasteiger partial charge on any atom is -0.271 e. The molecule has 2 heteroatoms. The van der Waals surface area contributed by atoms with Gasteiger partial charge in [-0.3, -0.25) is 11.3 Å². The van der Waals surface area contributed by atoms with Crippen molar-refractivity contribution in [3.05, 3.63) is 0 Å². The predicted molar refractivity (Wildman–Crippen MR) is 68.7 cm³/mol. The molecule has 2 saturated carbocycles. The first-order chi connectivity index (χ1) is 7.41. The van der Waals surface area contributed by atoms with Gasteiger partial charge in [0.25, 0.3) is 0 Å². The van der Waals surface area contributed by atoms with Crippen LogP contribution < -0.4 is 11.3 Å². The summed E-state index contributed by atoms with van der Waals surface area (Å²) in [7, 11) is 0. The first-order valence-electron chi connectivity index (χ1n) is 6.87. The lowest BCUT2D eigenvalue weighted by Gasteiger charge is -2.21. The van der Waals surface area contributed by atoms with Crippen molar-refractivity contribution in [2.75, 3.05) is 0 Å². The predicted octanol–water partition coefficient (Wildman–Crippen LogP) is 3.08. The molecular formula is C14H28N2. The summed E-state index contributed by atoms with van der Waals surface area (Å²) in [5, 5.41) is 0. The van der Waals surface area contributed by atoms with E-state index in [1.54, 1.807) is 0 Å². The van der Waals surface area contributed by atoms with Crippen molar-refractivity contribution in [1.82, 2.24) is 5.43 Å². The van der Waals surface area contributed by atoms with Crippen molar-refractivity contribution in [3.63, 3.8) is 0 Å². The highest BCUT2D eigenvalue weighted by molar-refractivity contribution is 5.16. The van der Waals surface area contributed by atoms with Gasteiger partial charge in [-0.15, -0.1) is 0 Å². The number of nitrogens with one attached hydrogen (secondary N) is 1. The minimum atomic E-state index is 0.447. The van der Waals surface area contributed by atoms with Crippen molar-refractivity contribution in [3.8, 4) is 0 Å². The van der Waals surface area contributed by atoms with E-state index in [2.05, 4.69) is 33.1 Å². The molecule has 16 heavy (non-hydrogen) atoms. The molecule has 1 atom stereocenters.